The van der Waals surface area contributed by atoms with Crippen LogP contribution in [0, 0.1) is 0 Å². The number of rotatable bonds is 13. The molecule has 0 spiro atoms. The molecule has 3 rings (SSSR count). The molecule has 194 valence electrons. The van der Waals surface area contributed by atoms with Gasteiger partial charge in [-0.1, -0.05) is 78.9 Å². The molecule has 0 unspecified atom stereocenters. The van der Waals surface area contributed by atoms with Crippen LogP contribution in [0.2, 0.25) is 0 Å². The minimum atomic E-state index is -3.87. The van der Waals surface area contributed by atoms with Crippen molar-refractivity contribution in [3.8, 4) is 0 Å². The highest BCUT2D eigenvalue weighted by atomic mass is 32.5. The largest absolute Gasteiger partial charge is 0.363 e. The first-order valence-corrected chi connectivity index (χ1v) is 16.7. The van der Waals surface area contributed by atoms with Crippen molar-refractivity contribution >= 4 is 38.8 Å². The van der Waals surface area contributed by atoms with E-state index in [1.807, 2.05) is 18.2 Å². The number of benzene rings is 3. The van der Waals surface area contributed by atoms with Gasteiger partial charge in [0.25, 0.3) is 0 Å². The lowest BCUT2D eigenvalue weighted by molar-refractivity contribution is 0.156. The first-order valence-electron chi connectivity index (χ1n) is 10.8. The Morgan fingerprint density at radius 2 is 0.861 bits per heavy atom. The topological polar surface area (TPSA) is 89.5 Å². The second kappa shape index (κ2) is 12.9. The van der Waals surface area contributed by atoms with E-state index in [9.17, 15) is 9.13 Å². The summed E-state index contributed by atoms with van der Waals surface area (Å²) in [6.45, 7) is -3.59. The van der Waals surface area contributed by atoms with Crippen LogP contribution in [0.5, 0.6) is 0 Å². The standard InChI is InChI=1S/C24H29O8P3S/c1-27-33(25,28-2)23(20-14-8-5-9-15-20)31-35(36,22-18-12-7-13-19-22)32-24(34(26,29-3)30-4)21-16-10-6-11-17-21/h5-19,23-24H,1-4H3/t23-,24-/m1/s1. The fraction of sp³-hybridized carbons (Fsp3) is 0.250. The van der Waals surface area contributed by atoms with Gasteiger partial charge in [0.05, 0.1) is 0 Å². The quantitative estimate of drug-likeness (QED) is 0.201. The van der Waals surface area contributed by atoms with E-state index in [4.69, 9.17) is 38.9 Å². The lowest BCUT2D eigenvalue weighted by atomic mass is 10.2. The van der Waals surface area contributed by atoms with Crippen molar-refractivity contribution in [1.82, 2.24) is 0 Å². The lowest BCUT2D eigenvalue weighted by Gasteiger charge is -2.34. The van der Waals surface area contributed by atoms with E-state index >= 15 is 0 Å². The van der Waals surface area contributed by atoms with Crippen LogP contribution in [0.4, 0.5) is 0 Å². The van der Waals surface area contributed by atoms with Crippen molar-refractivity contribution in [2.24, 2.45) is 0 Å². The van der Waals surface area contributed by atoms with E-state index in [-0.39, 0.29) is 0 Å². The van der Waals surface area contributed by atoms with Gasteiger partial charge in [0.2, 0.25) is 6.49 Å². The van der Waals surface area contributed by atoms with Crippen molar-refractivity contribution in [1.29, 1.82) is 0 Å². The third kappa shape index (κ3) is 6.50. The van der Waals surface area contributed by atoms with E-state index in [1.165, 1.54) is 28.4 Å². The van der Waals surface area contributed by atoms with E-state index in [0.717, 1.165) is 0 Å². The van der Waals surface area contributed by atoms with Crippen LogP contribution in [-0.4, -0.2) is 28.4 Å². The van der Waals surface area contributed by atoms with Crippen LogP contribution in [0.25, 0.3) is 0 Å². The van der Waals surface area contributed by atoms with Crippen LogP contribution in [0.1, 0.15) is 22.8 Å². The highest BCUT2D eigenvalue weighted by Crippen LogP contribution is 2.71. The summed E-state index contributed by atoms with van der Waals surface area (Å²) >= 11 is 6.05. The van der Waals surface area contributed by atoms with Gasteiger partial charge >= 0.3 is 15.2 Å². The minimum Gasteiger partial charge on any atom is -0.310 e. The fourth-order valence-electron chi connectivity index (χ4n) is 3.39. The lowest BCUT2D eigenvalue weighted by Crippen LogP contribution is -2.17. The van der Waals surface area contributed by atoms with Crippen molar-refractivity contribution in [3.63, 3.8) is 0 Å². The second-order valence-electron chi connectivity index (χ2n) is 7.38. The Morgan fingerprint density at radius 3 is 1.17 bits per heavy atom. The summed E-state index contributed by atoms with van der Waals surface area (Å²) in [5.41, 5.74) is 1.02. The molecule has 0 aliphatic heterocycles. The average molecular weight is 570 g/mol. The summed E-state index contributed by atoms with van der Waals surface area (Å²) in [6, 6.07) is 26.4. The zero-order valence-electron chi connectivity index (χ0n) is 20.3. The molecule has 0 saturated heterocycles. The Hall–Kier alpha value is -1.47. The highest BCUT2D eigenvalue weighted by Gasteiger charge is 2.46. The first kappa shape index (κ1) is 29.1. The maximum absolute atomic E-state index is 13.7. The summed E-state index contributed by atoms with van der Waals surface area (Å²) < 4.78 is 61.5. The SMILES string of the molecule is COP(=O)(OC)[C@@H](OP(=S)(O[C@@H](c1ccccc1)P(=O)(OC)OC)c1ccccc1)c1ccccc1. The minimum absolute atomic E-state index is 0.499. The fourth-order valence-corrected chi connectivity index (χ4v) is 10.1. The van der Waals surface area contributed by atoms with Gasteiger partial charge in [-0.15, -0.1) is 0 Å². The second-order valence-corrected chi connectivity index (χ2v) is 15.3. The molecule has 12 heteroatoms. The third-order valence-corrected chi connectivity index (χ3v) is 12.7. The van der Waals surface area contributed by atoms with Gasteiger partial charge < -0.3 is 27.1 Å². The molecule has 3 aromatic carbocycles. The molecule has 0 bridgehead atoms. The third-order valence-electron chi connectivity index (χ3n) is 5.31. The summed E-state index contributed by atoms with van der Waals surface area (Å²) in [5, 5.41) is 0.499. The molecule has 0 aliphatic carbocycles. The maximum atomic E-state index is 13.7. The van der Waals surface area contributed by atoms with Crippen LogP contribution < -0.4 is 5.30 Å². The van der Waals surface area contributed by atoms with Gasteiger partial charge in [-0.05, 0) is 35.1 Å². The summed E-state index contributed by atoms with van der Waals surface area (Å²) in [5.74, 6) is -2.47. The van der Waals surface area contributed by atoms with Crippen LogP contribution >= 0.6 is 21.7 Å². The van der Waals surface area contributed by atoms with Crippen LogP contribution in [0.15, 0.2) is 91.0 Å². The molecule has 0 heterocycles. The smallest absolute Gasteiger partial charge is 0.310 e. The van der Waals surface area contributed by atoms with Crippen molar-refractivity contribution in [2.75, 3.05) is 28.4 Å². The zero-order valence-corrected chi connectivity index (χ0v) is 23.8. The molecule has 3 aromatic rings. The molecule has 0 aliphatic rings. The van der Waals surface area contributed by atoms with Gasteiger partial charge in [0.15, 0.2) is 11.7 Å². The van der Waals surface area contributed by atoms with Gasteiger partial charge in [-0.3, -0.25) is 9.13 Å². The van der Waals surface area contributed by atoms with Gasteiger partial charge in [0, 0.05) is 33.7 Å². The van der Waals surface area contributed by atoms with Crippen molar-refractivity contribution < 1.29 is 36.3 Å². The summed E-state index contributed by atoms with van der Waals surface area (Å²) in [4.78, 5) is 0. The average Bonchev–Trinajstić information content (AvgIpc) is 2.95. The summed E-state index contributed by atoms with van der Waals surface area (Å²) in [7, 11) is -2.66. The van der Waals surface area contributed by atoms with Crippen molar-refractivity contribution in [2.45, 2.75) is 11.7 Å². The van der Waals surface area contributed by atoms with Gasteiger partial charge in [-0.25, -0.2) is 0 Å². The van der Waals surface area contributed by atoms with E-state index in [0.29, 0.717) is 16.4 Å². The zero-order chi connectivity index (χ0) is 26.2. The molecule has 0 N–H and O–H groups in total. The Bertz CT molecular complexity index is 1150. The molecule has 0 fully saturated rings. The van der Waals surface area contributed by atoms with Gasteiger partial charge in [0.1, 0.15) is 0 Å². The molecule has 0 saturated carbocycles. The van der Waals surface area contributed by atoms with E-state index in [1.54, 1.807) is 72.8 Å². The van der Waals surface area contributed by atoms with Gasteiger partial charge in [-0.2, -0.15) is 0 Å². The normalized spacial score (nSPS) is 14.3. The Morgan fingerprint density at radius 1 is 0.556 bits per heavy atom. The Kier molecular flexibility index (Phi) is 10.4. The van der Waals surface area contributed by atoms with Crippen LogP contribution in [-0.2, 0) is 48.1 Å². The number of hydrogen-bond donors (Lipinski definition) is 0. The highest BCUT2D eigenvalue weighted by molar-refractivity contribution is 8.13. The first-order chi connectivity index (χ1) is 17.2. The predicted molar refractivity (Wildman–Crippen MR) is 144 cm³/mol. The monoisotopic (exact) mass is 570 g/mol. The predicted octanol–water partition coefficient (Wildman–Crippen LogP) is 7.02. The van der Waals surface area contributed by atoms with E-state index < -0.39 is 33.4 Å². The molecule has 36 heavy (non-hydrogen) atoms. The Labute approximate surface area is 217 Å². The molecular formula is C24H29O8P3S. The Balaban J connectivity index is 2.19. The molecule has 2 atom stereocenters. The number of hydrogen-bond acceptors (Lipinski definition) is 9. The molecule has 0 aromatic heterocycles. The molecule has 0 amide bonds. The maximum Gasteiger partial charge on any atom is 0.363 e. The molecular weight excluding hydrogens is 541 g/mol. The van der Waals surface area contributed by atoms with E-state index in [2.05, 4.69) is 0 Å². The van der Waals surface area contributed by atoms with Crippen LogP contribution in [0.3, 0.4) is 0 Å². The summed E-state index contributed by atoms with van der Waals surface area (Å²) in [6.07, 6.45) is 0. The van der Waals surface area contributed by atoms with Crippen molar-refractivity contribution in [3.05, 3.63) is 102 Å². The molecule has 0 radical (unpaired) electrons. The molecule has 8 nitrogen and oxygen atoms in total.